The third kappa shape index (κ3) is 4.31. The Kier molecular flexibility index (Phi) is 6.26. The first-order valence-electron chi connectivity index (χ1n) is 11.3. The summed E-state index contributed by atoms with van der Waals surface area (Å²) in [7, 11) is 0. The molecule has 0 bridgehead atoms. The van der Waals surface area contributed by atoms with Crippen molar-refractivity contribution < 1.29 is 9.59 Å². The van der Waals surface area contributed by atoms with Crippen molar-refractivity contribution in [2.45, 2.75) is 32.2 Å². The van der Waals surface area contributed by atoms with E-state index in [2.05, 4.69) is 46.0 Å². The fraction of sp³-hybridized carbons (Fsp3) is 0.458. The lowest BCUT2D eigenvalue weighted by Crippen LogP contribution is -2.50. The number of fused-ring (bicyclic) bond motifs is 1. The molecule has 6 nitrogen and oxygen atoms in total. The van der Waals surface area contributed by atoms with Gasteiger partial charge in [0.15, 0.2) is 0 Å². The van der Waals surface area contributed by atoms with Crippen LogP contribution in [-0.4, -0.2) is 65.1 Å². The van der Waals surface area contributed by atoms with Gasteiger partial charge in [-0.15, -0.1) is 22.7 Å². The fourth-order valence-electron chi connectivity index (χ4n) is 4.97. The molecule has 8 heteroatoms. The fourth-order valence-corrected chi connectivity index (χ4v) is 6.53. The van der Waals surface area contributed by atoms with Gasteiger partial charge in [0.05, 0.1) is 18.3 Å². The molecule has 168 valence electrons. The molecule has 0 N–H and O–H groups in total. The van der Waals surface area contributed by atoms with Gasteiger partial charge >= 0.3 is 0 Å². The van der Waals surface area contributed by atoms with E-state index in [4.69, 9.17) is 5.10 Å². The monoisotopic (exact) mass is 468 g/mol. The van der Waals surface area contributed by atoms with E-state index in [9.17, 15) is 9.59 Å². The lowest BCUT2D eigenvalue weighted by Gasteiger charge is -2.35. The molecule has 2 atom stereocenters. The van der Waals surface area contributed by atoms with Crippen LogP contribution in [0.4, 0.5) is 0 Å². The molecule has 2 fully saturated rings. The average molecular weight is 469 g/mol. The first kappa shape index (κ1) is 21.6. The summed E-state index contributed by atoms with van der Waals surface area (Å²) in [5.41, 5.74) is 2.37. The van der Waals surface area contributed by atoms with Crippen LogP contribution in [0.3, 0.4) is 0 Å². The molecule has 2 aromatic heterocycles. The average Bonchev–Trinajstić information content (AvgIpc) is 3.55. The molecule has 2 aromatic rings. The molecule has 32 heavy (non-hydrogen) atoms. The molecular weight excluding hydrogens is 440 g/mol. The van der Waals surface area contributed by atoms with Crippen LogP contribution in [0.15, 0.2) is 45.7 Å². The molecule has 2 aliphatic heterocycles. The maximum atomic E-state index is 13.5. The van der Waals surface area contributed by atoms with Crippen LogP contribution in [0.5, 0.6) is 0 Å². The Bertz CT molecular complexity index is 1020. The molecule has 2 unspecified atom stereocenters. The number of hydrazone groups is 1. The van der Waals surface area contributed by atoms with Crippen molar-refractivity contribution in [3.05, 3.63) is 50.4 Å². The number of amides is 2. The van der Waals surface area contributed by atoms with Crippen LogP contribution in [-0.2, 0) is 9.59 Å². The van der Waals surface area contributed by atoms with Gasteiger partial charge < -0.3 is 4.90 Å². The largest absolute Gasteiger partial charge is 0.340 e. The topological polar surface area (TPSA) is 56.2 Å². The van der Waals surface area contributed by atoms with Crippen molar-refractivity contribution >= 4 is 46.3 Å². The second-order valence-electron chi connectivity index (χ2n) is 8.65. The molecular formula is C24H28N4O2S2. The number of piperazine rings is 1. The molecule has 0 aromatic carbocycles. The number of carbonyl (C=O) groups is 2. The first-order valence-corrected chi connectivity index (χ1v) is 13.0. The standard InChI is InChI=1S/C24H28N4O2S2/c1-17(29)27-11-9-26(10-12-27)16-22(30)28-24(21-8-4-14-32-21)20-7-2-5-18(23(20)25-28)15-19-6-3-13-31-19/h3-4,6,8,13-15,20,24H,2,5,7,9-12,16H2,1H3/b18-15+. The third-order valence-electron chi connectivity index (χ3n) is 6.63. The molecule has 2 amide bonds. The van der Waals surface area contributed by atoms with Crippen molar-refractivity contribution in [3.8, 4) is 0 Å². The molecule has 5 rings (SSSR count). The van der Waals surface area contributed by atoms with Crippen molar-refractivity contribution in [2.75, 3.05) is 32.7 Å². The van der Waals surface area contributed by atoms with E-state index in [1.54, 1.807) is 34.6 Å². The van der Waals surface area contributed by atoms with Gasteiger partial charge in [0.1, 0.15) is 0 Å². The van der Waals surface area contributed by atoms with Gasteiger partial charge in [0, 0.05) is 48.8 Å². The minimum absolute atomic E-state index is 0.0111. The Morgan fingerprint density at radius 3 is 2.59 bits per heavy atom. The van der Waals surface area contributed by atoms with Gasteiger partial charge in [-0.3, -0.25) is 14.5 Å². The van der Waals surface area contributed by atoms with Gasteiger partial charge in [0.2, 0.25) is 5.91 Å². The number of thiophene rings is 2. The lowest BCUT2D eigenvalue weighted by atomic mass is 9.79. The van der Waals surface area contributed by atoms with Crippen LogP contribution < -0.4 is 0 Å². The number of carbonyl (C=O) groups excluding carboxylic acids is 2. The third-order valence-corrected chi connectivity index (χ3v) is 8.39. The molecule has 0 radical (unpaired) electrons. The highest BCUT2D eigenvalue weighted by atomic mass is 32.1. The highest BCUT2D eigenvalue weighted by molar-refractivity contribution is 7.11. The van der Waals surface area contributed by atoms with Gasteiger partial charge in [-0.25, -0.2) is 5.01 Å². The molecule has 1 saturated carbocycles. The summed E-state index contributed by atoms with van der Waals surface area (Å²) in [6.45, 7) is 4.78. The lowest BCUT2D eigenvalue weighted by molar-refractivity contribution is -0.136. The summed E-state index contributed by atoms with van der Waals surface area (Å²) in [6.07, 6.45) is 5.46. The SMILES string of the molecule is CC(=O)N1CCN(CC(=O)N2N=C3/C(=C/c4cccs4)CCCC3C2c2cccs2)CC1. The highest BCUT2D eigenvalue weighted by Crippen LogP contribution is 2.45. The molecule has 1 saturated heterocycles. The van der Waals surface area contributed by atoms with Crippen molar-refractivity contribution in [1.29, 1.82) is 0 Å². The maximum absolute atomic E-state index is 13.5. The van der Waals surface area contributed by atoms with E-state index in [0.29, 0.717) is 19.6 Å². The minimum atomic E-state index is -0.0111. The second-order valence-corrected chi connectivity index (χ2v) is 10.6. The number of hydrogen-bond donors (Lipinski definition) is 0. The van der Waals surface area contributed by atoms with Crippen molar-refractivity contribution in [2.24, 2.45) is 11.0 Å². The zero-order valence-corrected chi connectivity index (χ0v) is 19.9. The molecule has 3 aliphatic rings. The van der Waals surface area contributed by atoms with Crippen LogP contribution in [0.25, 0.3) is 6.08 Å². The van der Waals surface area contributed by atoms with E-state index < -0.39 is 0 Å². The van der Waals surface area contributed by atoms with Crippen molar-refractivity contribution in [1.82, 2.24) is 14.8 Å². The number of hydrogen-bond acceptors (Lipinski definition) is 6. The first-order chi connectivity index (χ1) is 15.6. The van der Waals surface area contributed by atoms with E-state index in [0.717, 1.165) is 38.1 Å². The van der Waals surface area contributed by atoms with Gasteiger partial charge in [-0.2, -0.15) is 5.10 Å². The van der Waals surface area contributed by atoms with Crippen LogP contribution in [0.1, 0.15) is 42.0 Å². The van der Waals surface area contributed by atoms with Crippen LogP contribution in [0.2, 0.25) is 0 Å². The van der Waals surface area contributed by atoms with E-state index in [1.165, 1.54) is 15.3 Å². The summed E-state index contributed by atoms with van der Waals surface area (Å²) >= 11 is 3.45. The Hall–Kier alpha value is -2.29. The molecule has 4 heterocycles. The van der Waals surface area contributed by atoms with Gasteiger partial charge in [-0.1, -0.05) is 12.1 Å². The van der Waals surface area contributed by atoms with E-state index >= 15 is 0 Å². The Balaban J connectivity index is 1.38. The van der Waals surface area contributed by atoms with Gasteiger partial charge in [-0.05, 0) is 53.8 Å². The maximum Gasteiger partial charge on any atom is 0.257 e. The summed E-state index contributed by atoms with van der Waals surface area (Å²) in [6, 6.07) is 8.40. The Morgan fingerprint density at radius 2 is 1.91 bits per heavy atom. The normalized spacial score (nSPS) is 25.2. The Labute approximate surface area is 196 Å². The summed E-state index contributed by atoms with van der Waals surface area (Å²) < 4.78 is 0. The van der Waals surface area contributed by atoms with Gasteiger partial charge in [0.25, 0.3) is 5.91 Å². The summed E-state index contributed by atoms with van der Waals surface area (Å²) in [5, 5.41) is 10.9. The second kappa shape index (κ2) is 9.29. The number of allylic oxidation sites excluding steroid dienone is 1. The zero-order chi connectivity index (χ0) is 22.1. The van der Waals surface area contributed by atoms with Crippen LogP contribution >= 0.6 is 22.7 Å². The zero-order valence-electron chi connectivity index (χ0n) is 18.3. The molecule has 1 aliphatic carbocycles. The number of rotatable bonds is 4. The predicted octanol–water partition coefficient (Wildman–Crippen LogP) is 4.10. The van der Waals surface area contributed by atoms with E-state index in [-0.39, 0.29) is 23.8 Å². The molecule has 0 spiro atoms. The highest BCUT2D eigenvalue weighted by Gasteiger charge is 2.44. The predicted molar refractivity (Wildman–Crippen MR) is 130 cm³/mol. The summed E-state index contributed by atoms with van der Waals surface area (Å²) in [5.74, 6) is 0.415. The van der Waals surface area contributed by atoms with Crippen LogP contribution in [0, 0.1) is 5.92 Å². The van der Waals surface area contributed by atoms with E-state index in [1.807, 2.05) is 4.90 Å². The quantitative estimate of drug-likeness (QED) is 0.679. The minimum Gasteiger partial charge on any atom is -0.340 e. The van der Waals surface area contributed by atoms with Crippen molar-refractivity contribution in [3.63, 3.8) is 0 Å². The summed E-state index contributed by atoms with van der Waals surface area (Å²) in [4.78, 5) is 31.5. The smallest absolute Gasteiger partial charge is 0.257 e. The Morgan fingerprint density at radius 1 is 1.12 bits per heavy atom. The number of nitrogens with zero attached hydrogens (tertiary/aromatic N) is 4.